The predicted molar refractivity (Wildman–Crippen MR) is 61.9 cm³/mol. The molecule has 1 fully saturated rings. The SMILES string of the molecule is Fc1ccc(CCOCCNC2CC2)cc1F. The quantitative estimate of drug-likeness (QED) is 0.739. The van der Waals surface area contributed by atoms with E-state index in [1.54, 1.807) is 6.07 Å². The third-order valence-corrected chi connectivity index (χ3v) is 2.78. The van der Waals surface area contributed by atoms with Crippen LogP contribution in [-0.2, 0) is 11.2 Å². The van der Waals surface area contributed by atoms with Crippen molar-refractivity contribution in [1.29, 1.82) is 0 Å². The molecule has 0 saturated heterocycles. The van der Waals surface area contributed by atoms with Crippen LogP contribution in [0.2, 0.25) is 0 Å². The van der Waals surface area contributed by atoms with E-state index in [-0.39, 0.29) is 0 Å². The van der Waals surface area contributed by atoms with E-state index in [4.69, 9.17) is 4.74 Å². The maximum atomic E-state index is 12.9. The Labute approximate surface area is 100.0 Å². The van der Waals surface area contributed by atoms with Gasteiger partial charge in [0.2, 0.25) is 0 Å². The van der Waals surface area contributed by atoms with Crippen LogP contribution in [0.4, 0.5) is 8.78 Å². The predicted octanol–water partition coefficient (Wildman–Crippen LogP) is 2.28. The summed E-state index contributed by atoms with van der Waals surface area (Å²) in [5.41, 5.74) is 0.763. The summed E-state index contributed by atoms with van der Waals surface area (Å²) >= 11 is 0. The van der Waals surface area contributed by atoms with Gasteiger partial charge in [0.1, 0.15) is 0 Å². The van der Waals surface area contributed by atoms with Gasteiger partial charge in [-0.1, -0.05) is 6.07 Å². The summed E-state index contributed by atoms with van der Waals surface area (Å²) in [6.45, 7) is 2.07. The van der Waals surface area contributed by atoms with E-state index in [2.05, 4.69) is 5.32 Å². The van der Waals surface area contributed by atoms with Crippen molar-refractivity contribution >= 4 is 0 Å². The lowest BCUT2D eigenvalue weighted by molar-refractivity contribution is 0.138. The fourth-order valence-corrected chi connectivity index (χ4v) is 1.61. The summed E-state index contributed by atoms with van der Waals surface area (Å²) in [6.07, 6.45) is 3.16. The topological polar surface area (TPSA) is 21.3 Å². The van der Waals surface area contributed by atoms with Gasteiger partial charge >= 0.3 is 0 Å². The first kappa shape index (κ1) is 12.5. The second-order valence-corrected chi connectivity index (χ2v) is 4.34. The van der Waals surface area contributed by atoms with Crippen molar-refractivity contribution in [3.63, 3.8) is 0 Å². The molecule has 1 aromatic carbocycles. The Bertz CT molecular complexity index is 366. The van der Waals surface area contributed by atoms with E-state index in [1.165, 1.54) is 18.9 Å². The number of hydrogen-bond acceptors (Lipinski definition) is 2. The molecule has 1 aliphatic carbocycles. The number of ether oxygens (including phenoxy) is 1. The lowest BCUT2D eigenvalue weighted by Crippen LogP contribution is -2.22. The van der Waals surface area contributed by atoms with Gasteiger partial charge in [0.05, 0.1) is 13.2 Å². The van der Waals surface area contributed by atoms with Gasteiger partial charge in [-0.15, -0.1) is 0 Å². The molecule has 17 heavy (non-hydrogen) atoms. The van der Waals surface area contributed by atoms with Gasteiger partial charge in [-0.05, 0) is 37.0 Å². The highest BCUT2D eigenvalue weighted by Gasteiger charge is 2.19. The van der Waals surface area contributed by atoms with Gasteiger partial charge in [-0.2, -0.15) is 0 Å². The molecule has 0 amide bonds. The highest BCUT2D eigenvalue weighted by atomic mass is 19.2. The van der Waals surface area contributed by atoms with Crippen LogP contribution in [0.3, 0.4) is 0 Å². The van der Waals surface area contributed by atoms with E-state index in [0.717, 1.165) is 18.2 Å². The number of halogens is 2. The third-order valence-electron chi connectivity index (χ3n) is 2.78. The largest absolute Gasteiger partial charge is 0.380 e. The summed E-state index contributed by atoms with van der Waals surface area (Å²) in [5, 5.41) is 3.34. The summed E-state index contributed by atoms with van der Waals surface area (Å²) < 4.78 is 30.9. The molecule has 2 rings (SSSR count). The molecule has 0 aliphatic heterocycles. The number of rotatable bonds is 7. The second-order valence-electron chi connectivity index (χ2n) is 4.34. The highest BCUT2D eigenvalue weighted by Crippen LogP contribution is 2.17. The molecule has 1 saturated carbocycles. The van der Waals surface area contributed by atoms with E-state index in [9.17, 15) is 8.78 Å². The maximum Gasteiger partial charge on any atom is 0.159 e. The molecule has 0 aromatic heterocycles. The molecule has 0 atom stereocenters. The Hall–Kier alpha value is -1.00. The van der Waals surface area contributed by atoms with Crippen LogP contribution in [0.1, 0.15) is 18.4 Å². The van der Waals surface area contributed by atoms with Crippen LogP contribution >= 0.6 is 0 Å². The zero-order chi connectivity index (χ0) is 12.1. The fourth-order valence-electron chi connectivity index (χ4n) is 1.61. The lowest BCUT2D eigenvalue weighted by atomic mass is 10.1. The number of benzene rings is 1. The minimum absolute atomic E-state index is 0.539. The molecule has 0 bridgehead atoms. The molecular weight excluding hydrogens is 224 g/mol. The minimum Gasteiger partial charge on any atom is -0.380 e. The second kappa shape index (κ2) is 6.07. The van der Waals surface area contributed by atoms with Crippen LogP contribution in [-0.4, -0.2) is 25.8 Å². The van der Waals surface area contributed by atoms with Gasteiger partial charge in [0, 0.05) is 12.6 Å². The Morgan fingerprint density at radius 2 is 2.00 bits per heavy atom. The van der Waals surface area contributed by atoms with Gasteiger partial charge < -0.3 is 10.1 Å². The molecule has 1 aliphatic rings. The van der Waals surface area contributed by atoms with Gasteiger partial charge in [0.15, 0.2) is 11.6 Å². The lowest BCUT2D eigenvalue weighted by Gasteiger charge is -2.05. The van der Waals surface area contributed by atoms with Crippen molar-refractivity contribution in [1.82, 2.24) is 5.32 Å². The molecule has 1 N–H and O–H groups in total. The monoisotopic (exact) mass is 241 g/mol. The van der Waals surface area contributed by atoms with Gasteiger partial charge in [-0.3, -0.25) is 0 Å². The molecule has 0 unspecified atom stereocenters. The molecule has 2 nitrogen and oxygen atoms in total. The molecule has 0 radical (unpaired) electrons. The molecule has 4 heteroatoms. The van der Waals surface area contributed by atoms with E-state index >= 15 is 0 Å². The Morgan fingerprint density at radius 1 is 1.18 bits per heavy atom. The van der Waals surface area contributed by atoms with Crippen LogP contribution < -0.4 is 5.32 Å². The Kier molecular flexibility index (Phi) is 4.45. The van der Waals surface area contributed by atoms with Crippen molar-refractivity contribution < 1.29 is 13.5 Å². The number of hydrogen-bond donors (Lipinski definition) is 1. The molecular formula is C13H17F2NO. The summed E-state index contributed by atoms with van der Waals surface area (Å²) in [7, 11) is 0. The normalized spacial score (nSPS) is 15.2. The number of nitrogens with one attached hydrogen (secondary N) is 1. The first-order chi connectivity index (χ1) is 8.25. The zero-order valence-electron chi connectivity index (χ0n) is 9.72. The van der Waals surface area contributed by atoms with Gasteiger partial charge in [0.25, 0.3) is 0 Å². The average Bonchev–Trinajstić information content (AvgIpc) is 3.12. The van der Waals surface area contributed by atoms with Crippen LogP contribution in [0.5, 0.6) is 0 Å². The first-order valence-corrected chi connectivity index (χ1v) is 6.01. The zero-order valence-corrected chi connectivity index (χ0v) is 9.72. The van der Waals surface area contributed by atoms with Crippen molar-refractivity contribution in [3.8, 4) is 0 Å². The molecule has 1 aromatic rings. The smallest absolute Gasteiger partial charge is 0.159 e. The standard InChI is InChI=1S/C13H17F2NO/c14-12-4-1-10(9-13(12)15)5-7-17-8-6-16-11-2-3-11/h1,4,9,11,16H,2-3,5-8H2. The molecule has 0 spiro atoms. The third kappa shape index (κ3) is 4.40. The Morgan fingerprint density at radius 3 is 2.71 bits per heavy atom. The van der Waals surface area contributed by atoms with Crippen molar-refractivity contribution in [2.24, 2.45) is 0 Å². The van der Waals surface area contributed by atoms with Crippen molar-refractivity contribution in [3.05, 3.63) is 35.4 Å². The minimum atomic E-state index is -0.802. The van der Waals surface area contributed by atoms with Crippen molar-refractivity contribution in [2.75, 3.05) is 19.8 Å². The summed E-state index contributed by atoms with van der Waals surface area (Å²) in [6, 6.07) is 4.66. The summed E-state index contributed by atoms with van der Waals surface area (Å²) in [5.74, 6) is -1.60. The molecule has 94 valence electrons. The van der Waals surface area contributed by atoms with E-state index < -0.39 is 11.6 Å². The fraction of sp³-hybridized carbons (Fsp3) is 0.538. The van der Waals surface area contributed by atoms with E-state index in [1.807, 2.05) is 0 Å². The van der Waals surface area contributed by atoms with Crippen LogP contribution in [0, 0.1) is 11.6 Å². The molecule has 0 heterocycles. The van der Waals surface area contributed by atoms with Gasteiger partial charge in [-0.25, -0.2) is 8.78 Å². The highest BCUT2D eigenvalue weighted by molar-refractivity contribution is 5.17. The Balaban J connectivity index is 1.58. The van der Waals surface area contributed by atoms with Crippen LogP contribution in [0.25, 0.3) is 0 Å². The summed E-state index contributed by atoms with van der Waals surface area (Å²) in [4.78, 5) is 0. The van der Waals surface area contributed by atoms with Crippen molar-refractivity contribution in [2.45, 2.75) is 25.3 Å². The van der Waals surface area contributed by atoms with Crippen LogP contribution in [0.15, 0.2) is 18.2 Å². The first-order valence-electron chi connectivity index (χ1n) is 6.01. The van der Waals surface area contributed by atoms with E-state index in [0.29, 0.717) is 25.7 Å². The average molecular weight is 241 g/mol. The maximum absolute atomic E-state index is 12.9.